The lowest BCUT2D eigenvalue weighted by Crippen LogP contribution is -2.52. The first-order valence-electron chi connectivity index (χ1n) is 17.8. The lowest BCUT2D eigenvalue weighted by Gasteiger charge is -2.39. The molecule has 0 spiro atoms. The van der Waals surface area contributed by atoms with Crippen molar-refractivity contribution in [3.8, 4) is 23.1 Å². The first-order valence-corrected chi connectivity index (χ1v) is 18.2. The maximum Gasteiger partial charge on any atom is 0.246 e. The molecule has 52 heavy (non-hydrogen) atoms. The SMILES string of the molecule is Cc1ccc(COc2ccc(Oc3c(C)cc(C=CC(=O)N4CCN(Cc5ccc(CCOc6ccc(C)cc6)cc5)[C@@H](C)C4)cc3Cl)nc2)cc1. The molecule has 6 rings (SSSR count). The van der Waals surface area contributed by atoms with Crippen LogP contribution < -0.4 is 14.2 Å². The van der Waals surface area contributed by atoms with Gasteiger partial charge >= 0.3 is 0 Å². The fourth-order valence-corrected chi connectivity index (χ4v) is 6.43. The minimum atomic E-state index is -0.00769. The van der Waals surface area contributed by atoms with Crippen molar-refractivity contribution in [3.05, 3.63) is 153 Å². The quantitative estimate of drug-likeness (QED) is 0.113. The number of ether oxygens (including phenoxy) is 3. The maximum absolute atomic E-state index is 13.2. The molecule has 1 fully saturated rings. The number of carbonyl (C=O) groups excluding carboxylic acids is 1. The van der Waals surface area contributed by atoms with Gasteiger partial charge in [0.05, 0.1) is 17.8 Å². The number of piperazine rings is 1. The molecule has 1 aromatic heterocycles. The fraction of sp³-hybridized carbons (Fsp3) is 0.273. The number of hydrogen-bond acceptors (Lipinski definition) is 6. The van der Waals surface area contributed by atoms with Crippen LogP contribution in [0.25, 0.3) is 6.08 Å². The van der Waals surface area contributed by atoms with E-state index in [0.29, 0.717) is 48.7 Å². The Morgan fingerprint density at radius 2 is 1.50 bits per heavy atom. The Labute approximate surface area is 312 Å². The first-order chi connectivity index (χ1) is 25.2. The van der Waals surface area contributed by atoms with Crippen molar-refractivity contribution < 1.29 is 19.0 Å². The van der Waals surface area contributed by atoms with Gasteiger partial charge in [0.15, 0.2) is 5.75 Å². The molecule has 0 radical (unpaired) electrons. The number of pyridine rings is 1. The molecule has 1 aliphatic heterocycles. The number of carbonyl (C=O) groups is 1. The van der Waals surface area contributed by atoms with Crippen molar-refractivity contribution in [3.63, 3.8) is 0 Å². The van der Waals surface area contributed by atoms with Gasteiger partial charge in [-0.05, 0) is 91.9 Å². The van der Waals surface area contributed by atoms with Crippen molar-refractivity contribution in [1.82, 2.24) is 14.8 Å². The lowest BCUT2D eigenvalue weighted by molar-refractivity contribution is -0.128. The zero-order valence-electron chi connectivity index (χ0n) is 30.3. The third-order valence-electron chi connectivity index (χ3n) is 9.28. The van der Waals surface area contributed by atoms with E-state index in [1.165, 1.54) is 22.3 Å². The van der Waals surface area contributed by atoms with E-state index >= 15 is 0 Å². The van der Waals surface area contributed by atoms with Gasteiger partial charge in [0.2, 0.25) is 11.8 Å². The molecule has 0 saturated carbocycles. The number of amides is 1. The van der Waals surface area contributed by atoms with E-state index in [0.717, 1.165) is 42.0 Å². The number of halogens is 1. The molecule has 1 aliphatic rings. The summed E-state index contributed by atoms with van der Waals surface area (Å²) in [6.45, 7) is 12.4. The van der Waals surface area contributed by atoms with Crippen LogP contribution in [0.1, 0.15) is 45.9 Å². The van der Waals surface area contributed by atoms with Crippen LogP contribution in [-0.4, -0.2) is 53.0 Å². The molecule has 8 heteroatoms. The predicted octanol–water partition coefficient (Wildman–Crippen LogP) is 9.40. The van der Waals surface area contributed by atoms with Crippen molar-refractivity contribution in [2.75, 3.05) is 26.2 Å². The summed E-state index contributed by atoms with van der Waals surface area (Å²) in [5.41, 5.74) is 7.72. The summed E-state index contributed by atoms with van der Waals surface area (Å²) in [5.74, 6) is 2.49. The van der Waals surface area contributed by atoms with E-state index in [2.05, 4.69) is 91.3 Å². The van der Waals surface area contributed by atoms with E-state index < -0.39 is 0 Å². The zero-order chi connectivity index (χ0) is 36.5. The van der Waals surface area contributed by atoms with Crippen LogP contribution in [0.15, 0.2) is 109 Å². The Kier molecular flexibility index (Phi) is 12.3. The molecule has 5 aromatic rings. The predicted molar refractivity (Wildman–Crippen MR) is 208 cm³/mol. The molecular formula is C44H46ClN3O4. The van der Waals surface area contributed by atoms with Gasteiger partial charge in [-0.3, -0.25) is 9.69 Å². The molecule has 2 heterocycles. The molecule has 268 valence electrons. The summed E-state index contributed by atoms with van der Waals surface area (Å²) in [6, 6.07) is 32.7. The van der Waals surface area contributed by atoms with Gasteiger partial charge in [-0.2, -0.15) is 0 Å². The van der Waals surface area contributed by atoms with Crippen molar-refractivity contribution in [2.45, 2.75) is 53.3 Å². The standard InChI is InChI=1S/C44H46ClN3O4/c1-31-5-9-37(10-6-31)30-51-40-18-19-42(46-27-40)52-44-33(3)25-38(26-41(44)45)15-20-43(49)48-23-22-47(34(4)28-48)29-36-13-11-35(12-14-36)21-24-50-39-16-7-32(2)8-17-39/h5-20,25-27,34H,21-24,28-30H2,1-4H3/t34-/m0/s1. The lowest BCUT2D eigenvalue weighted by atomic mass is 10.1. The topological polar surface area (TPSA) is 64.1 Å². The second-order valence-corrected chi connectivity index (χ2v) is 13.9. The molecule has 4 aromatic carbocycles. The summed E-state index contributed by atoms with van der Waals surface area (Å²) in [6.07, 6.45) is 5.94. The zero-order valence-corrected chi connectivity index (χ0v) is 31.1. The third kappa shape index (κ3) is 10.2. The van der Waals surface area contributed by atoms with Crippen LogP contribution in [0.4, 0.5) is 0 Å². The Hall–Kier alpha value is -5.11. The molecule has 1 saturated heterocycles. The van der Waals surface area contributed by atoms with Crippen LogP contribution >= 0.6 is 11.6 Å². The van der Waals surface area contributed by atoms with Gasteiger partial charge in [0.1, 0.15) is 18.1 Å². The van der Waals surface area contributed by atoms with Gasteiger partial charge < -0.3 is 19.1 Å². The van der Waals surface area contributed by atoms with Crippen LogP contribution in [-0.2, 0) is 24.4 Å². The fourth-order valence-electron chi connectivity index (χ4n) is 6.12. The minimum Gasteiger partial charge on any atom is -0.493 e. The van der Waals surface area contributed by atoms with Crippen LogP contribution in [0, 0.1) is 20.8 Å². The molecule has 0 aliphatic carbocycles. The monoisotopic (exact) mass is 715 g/mol. The number of hydrogen-bond donors (Lipinski definition) is 0. The van der Waals surface area contributed by atoms with Crippen LogP contribution in [0.3, 0.4) is 0 Å². The highest BCUT2D eigenvalue weighted by atomic mass is 35.5. The van der Waals surface area contributed by atoms with Crippen molar-refractivity contribution >= 4 is 23.6 Å². The Balaban J connectivity index is 0.952. The molecule has 0 N–H and O–H groups in total. The van der Waals surface area contributed by atoms with Crippen LogP contribution in [0.5, 0.6) is 23.1 Å². The Bertz CT molecular complexity index is 1940. The molecular weight excluding hydrogens is 670 g/mol. The number of rotatable bonds is 13. The maximum atomic E-state index is 13.2. The summed E-state index contributed by atoms with van der Waals surface area (Å²) < 4.78 is 17.8. The summed E-state index contributed by atoms with van der Waals surface area (Å²) in [7, 11) is 0. The summed E-state index contributed by atoms with van der Waals surface area (Å²) in [5, 5.41) is 0.444. The van der Waals surface area contributed by atoms with Gasteiger partial charge in [-0.1, -0.05) is 83.4 Å². The normalized spacial score (nSPS) is 14.8. The minimum absolute atomic E-state index is 0.00769. The van der Waals surface area contributed by atoms with Crippen molar-refractivity contribution in [1.29, 1.82) is 0 Å². The highest BCUT2D eigenvalue weighted by Gasteiger charge is 2.25. The highest BCUT2D eigenvalue weighted by molar-refractivity contribution is 6.32. The second kappa shape index (κ2) is 17.4. The van der Waals surface area contributed by atoms with E-state index in [4.69, 9.17) is 25.8 Å². The highest BCUT2D eigenvalue weighted by Crippen LogP contribution is 2.34. The average Bonchev–Trinajstić information content (AvgIpc) is 3.14. The molecule has 0 unspecified atom stereocenters. The van der Waals surface area contributed by atoms with Crippen molar-refractivity contribution in [2.24, 2.45) is 0 Å². The number of nitrogens with zero attached hydrogens (tertiary/aromatic N) is 3. The van der Waals surface area contributed by atoms with E-state index in [9.17, 15) is 4.79 Å². The third-order valence-corrected chi connectivity index (χ3v) is 9.56. The second-order valence-electron chi connectivity index (χ2n) is 13.5. The van der Waals surface area contributed by atoms with E-state index in [1.807, 2.05) is 42.2 Å². The average molecular weight is 716 g/mol. The Morgan fingerprint density at radius 1 is 0.827 bits per heavy atom. The summed E-state index contributed by atoms with van der Waals surface area (Å²) >= 11 is 6.65. The number of benzene rings is 4. The van der Waals surface area contributed by atoms with Gasteiger partial charge in [0, 0.05) is 50.8 Å². The van der Waals surface area contributed by atoms with Gasteiger partial charge in [0.25, 0.3) is 0 Å². The largest absolute Gasteiger partial charge is 0.493 e. The first kappa shape index (κ1) is 36.7. The summed E-state index contributed by atoms with van der Waals surface area (Å²) in [4.78, 5) is 21.9. The van der Waals surface area contributed by atoms with E-state index in [-0.39, 0.29) is 11.9 Å². The Morgan fingerprint density at radius 3 is 2.17 bits per heavy atom. The molecule has 1 amide bonds. The van der Waals surface area contributed by atoms with Gasteiger partial charge in [-0.25, -0.2) is 4.98 Å². The molecule has 0 bridgehead atoms. The van der Waals surface area contributed by atoms with E-state index in [1.54, 1.807) is 24.4 Å². The van der Waals surface area contributed by atoms with Crippen LogP contribution in [0.2, 0.25) is 5.02 Å². The smallest absolute Gasteiger partial charge is 0.246 e. The van der Waals surface area contributed by atoms with Gasteiger partial charge in [-0.15, -0.1) is 0 Å². The molecule has 1 atom stereocenters. The molecule has 7 nitrogen and oxygen atoms in total. The number of aryl methyl sites for hydroxylation is 3. The number of aromatic nitrogens is 1.